The molecular formula is C29H34O7S2. The zero-order chi connectivity index (χ0) is 27.4. The molecule has 0 aliphatic heterocycles. The second kappa shape index (κ2) is 14.7. The van der Waals surface area contributed by atoms with Gasteiger partial charge in [-0.3, -0.25) is 4.79 Å². The van der Waals surface area contributed by atoms with E-state index in [0.717, 1.165) is 41.5 Å². The number of carbonyl (C=O) groups excluding carboxylic acids is 1. The number of thioether (sulfide) groups is 1. The number of ether oxygens (including phenoxy) is 2. The van der Waals surface area contributed by atoms with Crippen LogP contribution < -0.4 is 8.92 Å². The van der Waals surface area contributed by atoms with Crippen molar-refractivity contribution in [3.8, 4) is 17.2 Å². The fourth-order valence-electron chi connectivity index (χ4n) is 3.60. The average Bonchev–Trinajstić information content (AvgIpc) is 2.89. The highest BCUT2D eigenvalue weighted by molar-refractivity contribution is 8.00. The standard InChI is InChI=1S/C29H34O7S2/c1-3-18-35-29(31)28(37-20-17-23-8-10-25(30)11-9-23)21-24-6-4-22(5-7-24)16-19-34-26-12-14-27(15-13-26)36-38(2,32)33/h4-15,28,30H,3,16-21H2,1-2H3/t28-/m0/s1. The van der Waals surface area contributed by atoms with E-state index in [-0.39, 0.29) is 22.7 Å². The van der Waals surface area contributed by atoms with Crippen LogP contribution in [0.1, 0.15) is 30.0 Å². The second-order valence-corrected chi connectivity index (χ2v) is 11.7. The predicted molar refractivity (Wildman–Crippen MR) is 151 cm³/mol. The molecule has 1 N–H and O–H groups in total. The van der Waals surface area contributed by atoms with E-state index in [1.807, 2.05) is 43.3 Å². The molecule has 0 saturated carbocycles. The van der Waals surface area contributed by atoms with E-state index in [1.165, 1.54) is 0 Å². The Labute approximate surface area is 229 Å². The van der Waals surface area contributed by atoms with E-state index in [0.29, 0.717) is 31.8 Å². The smallest absolute Gasteiger partial charge is 0.319 e. The van der Waals surface area contributed by atoms with Gasteiger partial charge in [-0.15, -0.1) is 11.8 Å². The molecule has 0 bridgehead atoms. The van der Waals surface area contributed by atoms with Crippen molar-refractivity contribution in [2.24, 2.45) is 0 Å². The van der Waals surface area contributed by atoms with Crippen LogP contribution in [0, 0.1) is 0 Å². The van der Waals surface area contributed by atoms with Gasteiger partial charge in [0, 0.05) is 6.42 Å². The van der Waals surface area contributed by atoms with Gasteiger partial charge in [0.1, 0.15) is 22.5 Å². The lowest BCUT2D eigenvalue weighted by Gasteiger charge is -2.16. The minimum Gasteiger partial charge on any atom is -0.508 e. The van der Waals surface area contributed by atoms with Crippen molar-refractivity contribution in [2.75, 3.05) is 25.2 Å². The largest absolute Gasteiger partial charge is 0.508 e. The number of carbonyl (C=O) groups is 1. The van der Waals surface area contributed by atoms with Gasteiger partial charge in [-0.1, -0.05) is 43.3 Å². The maximum Gasteiger partial charge on any atom is 0.319 e. The van der Waals surface area contributed by atoms with Gasteiger partial charge in [-0.05, 0) is 78.1 Å². The van der Waals surface area contributed by atoms with Gasteiger partial charge < -0.3 is 18.8 Å². The summed E-state index contributed by atoms with van der Waals surface area (Å²) < 4.78 is 38.4. The Balaban J connectivity index is 1.49. The van der Waals surface area contributed by atoms with Crippen LogP contribution in [0.2, 0.25) is 0 Å². The quantitative estimate of drug-likeness (QED) is 0.201. The molecule has 3 aromatic rings. The van der Waals surface area contributed by atoms with Crippen molar-refractivity contribution in [2.45, 2.75) is 37.9 Å². The Hall–Kier alpha value is -3.17. The number of phenols is 1. The summed E-state index contributed by atoms with van der Waals surface area (Å²) in [5.74, 6) is 1.69. The molecule has 3 rings (SSSR count). The molecule has 3 aromatic carbocycles. The first-order chi connectivity index (χ1) is 18.2. The molecule has 0 radical (unpaired) electrons. The molecule has 1 atom stereocenters. The summed E-state index contributed by atoms with van der Waals surface area (Å²) in [6, 6.07) is 21.7. The van der Waals surface area contributed by atoms with Gasteiger partial charge in [-0.25, -0.2) is 0 Å². The summed E-state index contributed by atoms with van der Waals surface area (Å²) >= 11 is 1.59. The number of benzene rings is 3. The van der Waals surface area contributed by atoms with Crippen molar-refractivity contribution < 1.29 is 32.0 Å². The first kappa shape index (κ1) is 29.4. The Morgan fingerprint density at radius 2 is 1.42 bits per heavy atom. The molecule has 0 unspecified atom stereocenters. The third-order valence-electron chi connectivity index (χ3n) is 5.53. The molecule has 0 saturated heterocycles. The minimum atomic E-state index is -3.56. The number of esters is 1. The molecule has 204 valence electrons. The van der Waals surface area contributed by atoms with E-state index in [9.17, 15) is 18.3 Å². The molecule has 0 aliphatic rings. The summed E-state index contributed by atoms with van der Waals surface area (Å²) in [5, 5.41) is 9.17. The zero-order valence-electron chi connectivity index (χ0n) is 21.7. The Kier molecular flexibility index (Phi) is 11.4. The summed E-state index contributed by atoms with van der Waals surface area (Å²) in [5.41, 5.74) is 3.28. The summed E-state index contributed by atoms with van der Waals surface area (Å²) in [7, 11) is -3.56. The molecule has 7 nitrogen and oxygen atoms in total. The lowest BCUT2D eigenvalue weighted by molar-refractivity contribution is -0.142. The van der Waals surface area contributed by atoms with E-state index < -0.39 is 10.1 Å². The highest BCUT2D eigenvalue weighted by atomic mass is 32.2. The van der Waals surface area contributed by atoms with E-state index in [2.05, 4.69) is 0 Å². The van der Waals surface area contributed by atoms with Crippen LogP contribution in [-0.2, 0) is 38.9 Å². The van der Waals surface area contributed by atoms with E-state index in [4.69, 9.17) is 13.7 Å². The summed E-state index contributed by atoms with van der Waals surface area (Å²) in [4.78, 5) is 12.7. The van der Waals surface area contributed by atoms with Crippen LogP contribution in [0.3, 0.4) is 0 Å². The van der Waals surface area contributed by atoms with Crippen LogP contribution in [-0.4, -0.2) is 50.0 Å². The second-order valence-electron chi connectivity index (χ2n) is 8.82. The fourth-order valence-corrected chi connectivity index (χ4v) is 5.21. The minimum absolute atomic E-state index is 0.187. The Morgan fingerprint density at radius 3 is 2.05 bits per heavy atom. The maximum absolute atomic E-state index is 12.7. The van der Waals surface area contributed by atoms with Gasteiger partial charge in [-0.2, -0.15) is 8.42 Å². The first-order valence-corrected chi connectivity index (χ1v) is 15.3. The molecule has 38 heavy (non-hydrogen) atoms. The van der Waals surface area contributed by atoms with Gasteiger partial charge in [0.15, 0.2) is 0 Å². The average molecular weight is 559 g/mol. The Bertz CT molecular complexity index is 1240. The molecule has 0 fully saturated rings. The monoisotopic (exact) mass is 558 g/mol. The van der Waals surface area contributed by atoms with Crippen molar-refractivity contribution in [3.63, 3.8) is 0 Å². The predicted octanol–water partition coefficient (Wildman–Crippen LogP) is 5.19. The normalized spacial score (nSPS) is 12.1. The zero-order valence-corrected chi connectivity index (χ0v) is 23.3. The summed E-state index contributed by atoms with van der Waals surface area (Å²) in [6.45, 7) is 2.86. The van der Waals surface area contributed by atoms with Crippen molar-refractivity contribution in [3.05, 3.63) is 89.5 Å². The third kappa shape index (κ3) is 10.7. The fraction of sp³-hybridized carbons (Fsp3) is 0.345. The lowest BCUT2D eigenvalue weighted by atomic mass is 10.1. The topological polar surface area (TPSA) is 99.1 Å². The number of aryl methyl sites for hydroxylation is 1. The molecule has 0 aliphatic carbocycles. The third-order valence-corrected chi connectivity index (χ3v) is 7.23. The van der Waals surface area contributed by atoms with Crippen molar-refractivity contribution >= 4 is 27.8 Å². The Morgan fingerprint density at radius 1 is 0.842 bits per heavy atom. The lowest BCUT2D eigenvalue weighted by Crippen LogP contribution is -2.24. The van der Waals surface area contributed by atoms with Gasteiger partial charge in [0.05, 0.1) is 19.5 Å². The molecule has 0 aromatic heterocycles. The summed E-state index contributed by atoms with van der Waals surface area (Å²) in [6.07, 6.45) is 3.87. The molecular weight excluding hydrogens is 524 g/mol. The van der Waals surface area contributed by atoms with Gasteiger partial charge in [0.2, 0.25) is 0 Å². The first-order valence-electron chi connectivity index (χ1n) is 12.5. The van der Waals surface area contributed by atoms with Crippen LogP contribution >= 0.6 is 11.8 Å². The van der Waals surface area contributed by atoms with Crippen molar-refractivity contribution in [1.82, 2.24) is 0 Å². The molecule has 0 heterocycles. The SMILES string of the molecule is CCCOC(=O)[C@H](Cc1ccc(CCOc2ccc(OS(C)(=O)=O)cc2)cc1)SCCc1ccc(O)cc1. The highest BCUT2D eigenvalue weighted by Gasteiger charge is 2.21. The number of hydrogen-bond acceptors (Lipinski definition) is 8. The van der Waals surface area contributed by atoms with Crippen LogP contribution in [0.4, 0.5) is 0 Å². The molecule has 9 heteroatoms. The van der Waals surface area contributed by atoms with Crippen molar-refractivity contribution in [1.29, 1.82) is 0 Å². The van der Waals surface area contributed by atoms with E-state index in [1.54, 1.807) is 48.2 Å². The molecule has 0 spiro atoms. The number of hydrogen-bond donors (Lipinski definition) is 1. The van der Waals surface area contributed by atoms with Crippen LogP contribution in [0.5, 0.6) is 17.2 Å². The van der Waals surface area contributed by atoms with Crippen LogP contribution in [0.25, 0.3) is 0 Å². The number of phenolic OH excluding ortho intramolecular Hbond substituents is 1. The molecule has 0 amide bonds. The maximum atomic E-state index is 12.7. The van der Waals surface area contributed by atoms with Crippen LogP contribution in [0.15, 0.2) is 72.8 Å². The van der Waals surface area contributed by atoms with Gasteiger partial charge in [0.25, 0.3) is 0 Å². The number of aromatic hydroxyl groups is 1. The highest BCUT2D eigenvalue weighted by Crippen LogP contribution is 2.22. The van der Waals surface area contributed by atoms with E-state index >= 15 is 0 Å². The van der Waals surface area contributed by atoms with Gasteiger partial charge >= 0.3 is 16.1 Å². The number of rotatable bonds is 15.